The number of carboxylic acid groups (broad SMARTS) is 1. The highest BCUT2D eigenvalue weighted by molar-refractivity contribution is 5.66. The van der Waals surface area contributed by atoms with E-state index in [4.69, 9.17) is 9.84 Å². The Morgan fingerprint density at radius 3 is 2.66 bits per heavy atom. The van der Waals surface area contributed by atoms with Crippen LogP contribution in [-0.4, -0.2) is 51.3 Å². The van der Waals surface area contributed by atoms with Gasteiger partial charge in [-0.3, -0.25) is 4.79 Å². The fourth-order valence-corrected chi connectivity index (χ4v) is 3.70. The fourth-order valence-electron chi connectivity index (χ4n) is 3.70. The molecule has 1 aliphatic carbocycles. The van der Waals surface area contributed by atoms with E-state index in [-0.39, 0.29) is 31.1 Å². The number of aliphatic hydroxyl groups is 3. The van der Waals surface area contributed by atoms with Gasteiger partial charge in [0.05, 0.1) is 17.8 Å². The predicted molar refractivity (Wildman–Crippen MR) is 111 cm³/mol. The van der Waals surface area contributed by atoms with Crippen LogP contribution in [0, 0.1) is 11.8 Å². The van der Waals surface area contributed by atoms with Gasteiger partial charge in [-0.05, 0) is 43.4 Å². The highest BCUT2D eigenvalue weighted by Gasteiger charge is 2.39. The number of halogens is 3. The molecule has 0 radical (unpaired) electrons. The van der Waals surface area contributed by atoms with Crippen molar-refractivity contribution in [3.8, 4) is 5.75 Å². The smallest absolute Gasteiger partial charge is 0.416 e. The molecule has 1 aliphatic rings. The van der Waals surface area contributed by atoms with Crippen molar-refractivity contribution >= 4 is 5.97 Å². The SMILES string of the molecule is O=C(O)CCCC=CC[C@@H]1[C@@H](C=C[C@@H](O)COc2cccc(C(F)(F)F)c2)[C@H](O)C[C@H]1O. The molecule has 0 unspecified atom stereocenters. The Labute approximate surface area is 184 Å². The summed E-state index contributed by atoms with van der Waals surface area (Å²) in [5.74, 6) is -1.55. The minimum atomic E-state index is -4.49. The number of carboxylic acids is 1. The Balaban J connectivity index is 1.87. The van der Waals surface area contributed by atoms with E-state index in [1.54, 1.807) is 6.08 Å². The molecule has 0 saturated heterocycles. The number of aliphatic hydroxyl groups excluding tert-OH is 3. The molecule has 178 valence electrons. The maximum Gasteiger partial charge on any atom is 0.416 e. The molecule has 0 aliphatic heterocycles. The first-order valence-electron chi connectivity index (χ1n) is 10.5. The van der Waals surface area contributed by atoms with Gasteiger partial charge >= 0.3 is 12.1 Å². The largest absolute Gasteiger partial charge is 0.491 e. The van der Waals surface area contributed by atoms with Gasteiger partial charge in [0.25, 0.3) is 0 Å². The average Bonchev–Trinajstić information content (AvgIpc) is 2.99. The number of alkyl halides is 3. The second kappa shape index (κ2) is 12.0. The monoisotopic (exact) mass is 458 g/mol. The number of unbranched alkanes of at least 4 members (excludes halogenated alkanes) is 1. The molecule has 1 saturated carbocycles. The highest BCUT2D eigenvalue weighted by Crippen LogP contribution is 2.36. The van der Waals surface area contributed by atoms with Crippen molar-refractivity contribution in [2.75, 3.05) is 6.61 Å². The van der Waals surface area contributed by atoms with Gasteiger partial charge in [0.15, 0.2) is 0 Å². The van der Waals surface area contributed by atoms with Crippen LogP contribution in [0.15, 0.2) is 48.6 Å². The molecular formula is C23H29F3O6. The summed E-state index contributed by atoms with van der Waals surface area (Å²) in [6.45, 7) is -0.267. The zero-order valence-corrected chi connectivity index (χ0v) is 17.5. The minimum Gasteiger partial charge on any atom is -0.491 e. The fraction of sp³-hybridized carbons (Fsp3) is 0.522. The van der Waals surface area contributed by atoms with E-state index in [1.807, 2.05) is 12.2 Å². The molecule has 6 nitrogen and oxygen atoms in total. The van der Waals surface area contributed by atoms with Crippen LogP contribution in [0.2, 0.25) is 0 Å². The van der Waals surface area contributed by atoms with Crippen LogP contribution in [0.3, 0.4) is 0 Å². The Hall–Kier alpha value is -2.36. The molecular weight excluding hydrogens is 429 g/mol. The van der Waals surface area contributed by atoms with Crippen LogP contribution in [0.4, 0.5) is 13.2 Å². The van der Waals surface area contributed by atoms with Crippen molar-refractivity contribution in [3.63, 3.8) is 0 Å². The summed E-state index contributed by atoms with van der Waals surface area (Å²) in [6, 6.07) is 4.36. The van der Waals surface area contributed by atoms with Gasteiger partial charge < -0.3 is 25.2 Å². The van der Waals surface area contributed by atoms with Gasteiger partial charge in [-0.1, -0.05) is 30.4 Å². The van der Waals surface area contributed by atoms with Crippen LogP contribution in [-0.2, 0) is 11.0 Å². The summed E-state index contributed by atoms with van der Waals surface area (Å²) in [5.41, 5.74) is -0.845. The summed E-state index contributed by atoms with van der Waals surface area (Å²) in [7, 11) is 0. The first-order valence-corrected chi connectivity index (χ1v) is 10.5. The third kappa shape index (κ3) is 8.29. The van der Waals surface area contributed by atoms with Gasteiger partial charge in [-0.25, -0.2) is 0 Å². The normalized spacial score (nSPS) is 24.9. The van der Waals surface area contributed by atoms with Crippen molar-refractivity contribution < 1.29 is 43.1 Å². The van der Waals surface area contributed by atoms with Gasteiger partial charge in [-0.15, -0.1) is 0 Å². The van der Waals surface area contributed by atoms with E-state index in [0.717, 1.165) is 12.1 Å². The molecule has 4 N–H and O–H groups in total. The molecule has 5 atom stereocenters. The Morgan fingerprint density at radius 2 is 1.97 bits per heavy atom. The Morgan fingerprint density at radius 1 is 1.22 bits per heavy atom. The van der Waals surface area contributed by atoms with Gasteiger partial charge in [0, 0.05) is 18.8 Å². The molecule has 0 spiro atoms. The van der Waals surface area contributed by atoms with Crippen molar-refractivity contribution in [1.29, 1.82) is 0 Å². The average molecular weight is 458 g/mol. The summed E-state index contributed by atoms with van der Waals surface area (Å²) in [5, 5.41) is 39.2. The number of benzene rings is 1. The van der Waals surface area contributed by atoms with Crippen molar-refractivity contribution in [3.05, 3.63) is 54.1 Å². The lowest BCUT2D eigenvalue weighted by atomic mass is 9.89. The lowest BCUT2D eigenvalue weighted by Crippen LogP contribution is -2.21. The standard InChI is InChI=1S/C23H29F3O6/c24-23(25,26)15-6-5-7-17(12-15)32-14-16(27)10-11-19-18(20(28)13-21(19)29)8-3-1-2-4-9-22(30)31/h1,3,5-7,10-12,16,18-21,27-29H,2,4,8-9,13-14H2,(H,30,31)/t16-,18-,19-,20-,21-/m1/s1. The first-order chi connectivity index (χ1) is 15.1. The number of rotatable bonds is 11. The number of hydrogen-bond donors (Lipinski definition) is 4. The van der Waals surface area contributed by atoms with E-state index in [1.165, 1.54) is 18.2 Å². The van der Waals surface area contributed by atoms with E-state index in [9.17, 15) is 33.3 Å². The molecule has 1 aromatic rings. The first kappa shape index (κ1) is 25.9. The molecule has 0 amide bonds. The molecule has 1 aromatic carbocycles. The lowest BCUT2D eigenvalue weighted by molar-refractivity contribution is -0.138. The molecule has 32 heavy (non-hydrogen) atoms. The Kier molecular flexibility index (Phi) is 9.74. The molecule has 0 aromatic heterocycles. The summed E-state index contributed by atoms with van der Waals surface area (Å²) in [6.07, 6.45) is 1.48. The number of ether oxygens (including phenoxy) is 1. The van der Waals surface area contributed by atoms with Gasteiger partial charge in [0.2, 0.25) is 0 Å². The summed E-state index contributed by atoms with van der Waals surface area (Å²) in [4.78, 5) is 10.5. The molecule has 0 bridgehead atoms. The molecule has 9 heteroatoms. The second-order valence-corrected chi connectivity index (χ2v) is 7.89. The van der Waals surface area contributed by atoms with Crippen LogP contribution < -0.4 is 4.74 Å². The van der Waals surface area contributed by atoms with E-state index < -0.39 is 41.9 Å². The number of allylic oxidation sites excluding steroid dienone is 2. The zero-order valence-electron chi connectivity index (χ0n) is 17.5. The van der Waals surface area contributed by atoms with E-state index in [0.29, 0.717) is 19.3 Å². The molecule has 0 heterocycles. The predicted octanol–water partition coefficient (Wildman–Crippen LogP) is 3.56. The lowest BCUT2D eigenvalue weighted by Gasteiger charge is -2.19. The maximum atomic E-state index is 12.8. The Bertz CT molecular complexity index is 792. The van der Waals surface area contributed by atoms with Gasteiger partial charge in [0.1, 0.15) is 18.5 Å². The highest BCUT2D eigenvalue weighted by atomic mass is 19.4. The van der Waals surface area contributed by atoms with Crippen LogP contribution in [0.25, 0.3) is 0 Å². The zero-order chi connectivity index (χ0) is 23.7. The summed E-state index contributed by atoms with van der Waals surface area (Å²) < 4.78 is 43.5. The van der Waals surface area contributed by atoms with E-state index >= 15 is 0 Å². The molecule has 2 rings (SSSR count). The van der Waals surface area contributed by atoms with Crippen LogP contribution >= 0.6 is 0 Å². The van der Waals surface area contributed by atoms with E-state index in [2.05, 4.69) is 0 Å². The summed E-state index contributed by atoms with van der Waals surface area (Å²) >= 11 is 0. The third-order valence-corrected chi connectivity index (χ3v) is 5.39. The quantitative estimate of drug-likeness (QED) is 0.298. The van der Waals surface area contributed by atoms with Crippen LogP contribution in [0.5, 0.6) is 5.75 Å². The topological polar surface area (TPSA) is 107 Å². The number of aliphatic carboxylic acids is 1. The number of carbonyl (C=O) groups is 1. The maximum absolute atomic E-state index is 12.8. The van der Waals surface area contributed by atoms with Crippen molar-refractivity contribution in [2.24, 2.45) is 11.8 Å². The van der Waals surface area contributed by atoms with Crippen molar-refractivity contribution in [2.45, 2.75) is 56.6 Å². The van der Waals surface area contributed by atoms with Crippen LogP contribution in [0.1, 0.15) is 37.7 Å². The second-order valence-electron chi connectivity index (χ2n) is 7.89. The third-order valence-electron chi connectivity index (χ3n) is 5.39. The van der Waals surface area contributed by atoms with Crippen molar-refractivity contribution in [1.82, 2.24) is 0 Å². The number of hydrogen-bond acceptors (Lipinski definition) is 5. The minimum absolute atomic E-state index is 0.0190. The molecule has 1 fully saturated rings. The van der Waals surface area contributed by atoms with Gasteiger partial charge in [-0.2, -0.15) is 13.2 Å².